The number of aryl methyl sites for hydroxylation is 1. The Bertz CT molecular complexity index is 3000. The average molecular weight is 1010 g/mol. The first kappa shape index (κ1) is 50.4. The van der Waals surface area contributed by atoms with Crippen LogP contribution in [0.15, 0.2) is 79.2 Å². The fourth-order valence-corrected chi connectivity index (χ4v) is 10.2. The van der Waals surface area contributed by atoms with Crippen LogP contribution in [0.2, 0.25) is 0 Å². The SMILES string of the molecule is Cc1ncsc1-c1ccc(CNC(=O)C2CCCN2C(=O)C(NC(=O)COc2cnc(N3CC4(CN(CC(=O)Nc5cn6cc(-c7cncc(N(C)C(=O)OC(C)C)c7)ncc6n5)C4)C3)nc2)C(C)(C)C)cc1. The van der Waals surface area contributed by atoms with E-state index in [2.05, 4.69) is 55.7 Å². The summed E-state index contributed by atoms with van der Waals surface area (Å²) in [4.78, 5) is 101. The van der Waals surface area contributed by atoms with E-state index in [1.54, 1.807) is 78.6 Å². The maximum Gasteiger partial charge on any atom is 0.414 e. The summed E-state index contributed by atoms with van der Waals surface area (Å²) >= 11 is 1.59. The second-order valence-corrected chi connectivity index (χ2v) is 21.2. The number of ether oxygens (including phenoxy) is 2. The van der Waals surface area contributed by atoms with Crippen molar-refractivity contribution in [1.29, 1.82) is 0 Å². The van der Waals surface area contributed by atoms with Gasteiger partial charge in [-0.3, -0.25) is 38.9 Å². The van der Waals surface area contributed by atoms with Crippen molar-refractivity contribution < 1.29 is 33.4 Å². The van der Waals surface area contributed by atoms with Crippen LogP contribution in [0.5, 0.6) is 5.75 Å². The van der Waals surface area contributed by atoms with Crippen LogP contribution >= 0.6 is 11.3 Å². The lowest BCUT2D eigenvalue weighted by Crippen LogP contribution is -2.73. The third kappa shape index (κ3) is 11.5. The summed E-state index contributed by atoms with van der Waals surface area (Å²) in [6.45, 7) is 14.7. The molecule has 3 aliphatic heterocycles. The van der Waals surface area contributed by atoms with E-state index in [1.165, 1.54) is 17.3 Å². The Morgan fingerprint density at radius 2 is 1.67 bits per heavy atom. The van der Waals surface area contributed by atoms with Gasteiger partial charge in [-0.1, -0.05) is 45.0 Å². The molecule has 0 bridgehead atoms. The van der Waals surface area contributed by atoms with Gasteiger partial charge in [-0.05, 0) is 56.2 Å². The van der Waals surface area contributed by atoms with E-state index < -0.39 is 29.5 Å². The first-order chi connectivity index (χ1) is 34.9. The standard InChI is InChI=1S/C51H60N14O7S/c1-31(2)72-49(70)61(7)36-15-35(17-52-18-36)38-22-63-23-40(58-41(63)21-53-38)59-42(66)24-62-26-51(27-62)28-64(29-51)48-55-19-37(20-56-48)71-25-43(67)60-45(50(4,5)6)47(69)65-14-8-9-39(65)46(68)54-16-33-10-12-34(13-11-33)44-32(3)57-30-73-44/h10-13,15,17-23,30-31,39,45H,8-9,14,16,24-29H2,1-7H3,(H,54,68)(H,59,66)(H,60,67). The summed E-state index contributed by atoms with van der Waals surface area (Å²) < 4.78 is 12.8. The summed E-state index contributed by atoms with van der Waals surface area (Å²) in [6.07, 6.45) is 11.9. The fraction of sp³-hybridized carbons (Fsp3) is 0.431. The number of carbonyl (C=O) groups is 5. The number of aromatic nitrogens is 7. The molecule has 73 heavy (non-hydrogen) atoms. The maximum absolute atomic E-state index is 14.1. The number of nitrogens with one attached hydrogen (secondary N) is 3. The Balaban J connectivity index is 0.697. The lowest BCUT2D eigenvalue weighted by Gasteiger charge is -2.60. The number of likely N-dealkylation sites (tertiary alicyclic amines) is 2. The number of anilines is 3. The number of amides is 5. The van der Waals surface area contributed by atoms with E-state index in [1.807, 2.05) is 57.5 Å². The first-order valence-electron chi connectivity index (χ1n) is 24.2. The van der Waals surface area contributed by atoms with Gasteiger partial charge in [0.2, 0.25) is 23.7 Å². The normalized spacial score (nSPS) is 16.7. The molecule has 5 aromatic heterocycles. The molecule has 0 aliphatic carbocycles. The number of carbonyl (C=O) groups excluding carboxylic acids is 5. The third-order valence-electron chi connectivity index (χ3n) is 13.1. The lowest BCUT2D eigenvalue weighted by molar-refractivity contribution is -0.144. The number of benzene rings is 1. The molecule has 3 saturated heterocycles. The van der Waals surface area contributed by atoms with Crippen LogP contribution in [0.4, 0.5) is 22.2 Å². The van der Waals surface area contributed by atoms with Crippen LogP contribution in [-0.4, -0.2) is 145 Å². The summed E-state index contributed by atoms with van der Waals surface area (Å²) in [5.41, 5.74) is 6.60. The Morgan fingerprint density at radius 1 is 0.918 bits per heavy atom. The fourth-order valence-electron chi connectivity index (χ4n) is 9.43. The number of hydrogen-bond donors (Lipinski definition) is 3. The number of pyridine rings is 1. The number of nitrogens with zero attached hydrogens (tertiary/aromatic N) is 11. The van der Waals surface area contributed by atoms with E-state index in [0.29, 0.717) is 66.0 Å². The van der Waals surface area contributed by atoms with Gasteiger partial charge in [-0.2, -0.15) is 0 Å². The van der Waals surface area contributed by atoms with Gasteiger partial charge < -0.3 is 39.6 Å². The minimum Gasteiger partial charge on any atom is -0.481 e. The molecule has 3 N–H and O–H groups in total. The van der Waals surface area contributed by atoms with Crippen molar-refractivity contribution in [2.75, 3.05) is 68.0 Å². The molecule has 3 aliphatic rings. The highest BCUT2D eigenvalue weighted by molar-refractivity contribution is 7.13. The molecule has 22 heteroatoms. The molecule has 21 nitrogen and oxygen atoms in total. The van der Waals surface area contributed by atoms with E-state index in [0.717, 1.165) is 47.9 Å². The van der Waals surface area contributed by atoms with E-state index >= 15 is 0 Å². The quantitative estimate of drug-likeness (QED) is 0.116. The molecule has 9 rings (SSSR count). The van der Waals surface area contributed by atoms with Crippen LogP contribution in [-0.2, 0) is 30.5 Å². The second kappa shape index (κ2) is 20.9. The predicted molar refractivity (Wildman–Crippen MR) is 274 cm³/mol. The van der Waals surface area contributed by atoms with E-state index in [4.69, 9.17) is 9.47 Å². The largest absolute Gasteiger partial charge is 0.481 e. The Kier molecular flexibility index (Phi) is 14.4. The number of imidazole rings is 1. The van der Waals surface area contributed by atoms with Crippen LogP contribution in [0, 0.1) is 17.8 Å². The van der Waals surface area contributed by atoms with Crippen molar-refractivity contribution in [2.24, 2.45) is 10.8 Å². The van der Waals surface area contributed by atoms with Crippen LogP contribution in [0.3, 0.4) is 0 Å². The summed E-state index contributed by atoms with van der Waals surface area (Å²) in [5.74, 6) is 0.0363. The van der Waals surface area contributed by atoms with Gasteiger partial charge in [0.15, 0.2) is 23.8 Å². The molecule has 0 saturated carbocycles. The molecular weight excluding hydrogens is 953 g/mol. The van der Waals surface area contributed by atoms with Crippen LogP contribution < -0.4 is 30.5 Å². The molecule has 8 heterocycles. The monoisotopic (exact) mass is 1010 g/mol. The number of fused-ring (bicyclic) bond motifs is 1. The van der Waals surface area contributed by atoms with Gasteiger partial charge in [-0.15, -0.1) is 11.3 Å². The van der Waals surface area contributed by atoms with Gasteiger partial charge in [0, 0.05) is 69.7 Å². The summed E-state index contributed by atoms with van der Waals surface area (Å²) in [5, 5.41) is 8.79. The van der Waals surface area contributed by atoms with Crippen LogP contribution in [0.25, 0.3) is 27.3 Å². The molecule has 0 radical (unpaired) electrons. The lowest BCUT2D eigenvalue weighted by atomic mass is 9.73. The highest BCUT2D eigenvalue weighted by atomic mass is 32.1. The molecule has 382 valence electrons. The summed E-state index contributed by atoms with van der Waals surface area (Å²) in [7, 11) is 1.62. The zero-order valence-corrected chi connectivity index (χ0v) is 42.8. The number of thiazole rings is 1. The van der Waals surface area contributed by atoms with Crippen molar-refractivity contribution in [3.63, 3.8) is 0 Å². The van der Waals surface area contributed by atoms with Crippen molar-refractivity contribution in [3.8, 4) is 27.4 Å². The maximum atomic E-state index is 14.1. The highest BCUT2D eigenvalue weighted by Crippen LogP contribution is 2.41. The van der Waals surface area contributed by atoms with Gasteiger partial charge >= 0.3 is 6.09 Å². The van der Waals surface area contributed by atoms with Crippen molar-refractivity contribution in [3.05, 3.63) is 90.5 Å². The van der Waals surface area contributed by atoms with E-state index in [9.17, 15) is 24.0 Å². The zero-order valence-electron chi connectivity index (χ0n) is 42.0. The van der Waals surface area contributed by atoms with Gasteiger partial charge in [-0.25, -0.2) is 24.7 Å². The average Bonchev–Trinajstić information content (AvgIpc) is 4.11. The second-order valence-electron chi connectivity index (χ2n) is 20.4. The Hall–Kier alpha value is -7.59. The van der Waals surface area contributed by atoms with Crippen molar-refractivity contribution in [2.45, 2.75) is 79.1 Å². The van der Waals surface area contributed by atoms with Crippen LogP contribution in [0.1, 0.15) is 58.7 Å². The molecule has 2 unspecified atom stereocenters. The topological polar surface area (TPSA) is 235 Å². The number of hydrogen-bond acceptors (Lipinski definition) is 16. The molecule has 5 amide bonds. The molecule has 3 fully saturated rings. The first-order valence-corrected chi connectivity index (χ1v) is 25.1. The molecular formula is C51H60N14O7S. The minimum atomic E-state index is -0.896. The minimum absolute atomic E-state index is 0.0345. The van der Waals surface area contributed by atoms with Gasteiger partial charge in [0.1, 0.15) is 12.1 Å². The zero-order chi connectivity index (χ0) is 51.6. The predicted octanol–water partition coefficient (Wildman–Crippen LogP) is 4.97. The molecule has 2 atom stereocenters. The van der Waals surface area contributed by atoms with E-state index in [-0.39, 0.29) is 42.4 Å². The summed E-state index contributed by atoms with van der Waals surface area (Å²) in [6, 6.07) is 8.27. The Morgan fingerprint density at radius 3 is 2.37 bits per heavy atom. The van der Waals surface area contributed by atoms with Gasteiger partial charge in [0.05, 0.1) is 71.1 Å². The van der Waals surface area contributed by atoms with Gasteiger partial charge in [0.25, 0.3) is 5.91 Å². The third-order valence-corrected chi connectivity index (χ3v) is 14.1. The molecule has 1 spiro atoms. The smallest absolute Gasteiger partial charge is 0.414 e. The van der Waals surface area contributed by atoms with Crippen molar-refractivity contribution >= 4 is 64.2 Å². The Labute approximate surface area is 426 Å². The molecule has 6 aromatic rings. The highest BCUT2D eigenvalue weighted by Gasteiger charge is 2.52. The molecule has 1 aromatic carbocycles. The van der Waals surface area contributed by atoms with Crippen molar-refractivity contribution in [1.82, 2.24) is 54.7 Å². The number of rotatable bonds is 16.